The summed E-state index contributed by atoms with van der Waals surface area (Å²) in [6.45, 7) is 0. The number of hydrogen-bond donors (Lipinski definition) is 0. The van der Waals surface area contributed by atoms with Gasteiger partial charge >= 0.3 is 0 Å². The van der Waals surface area contributed by atoms with Gasteiger partial charge in [0.15, 0.2) is 0 Å². The van der Waals surface area contributed by atoms with E-state index in [2.05, 4.69) is 240 Å². The monoisotopic (exact) mass is 778 g/mol. The molecule has 0 spiro atoms. The average molecular weight is 779 g/mol. The molecule has 0 unspecified atom stereocenters. The molecule has 2 heterocycles. The Morgan fingerprint density at radius 3 is 1.87 bits per heavy atom. The topological polar surface area (TPSA) is 21.3 Å². The van der Waals surface area contributed by atoms with Gasteiger partial charge in [0.05, 0.1) is 16.7 Å². The first kappa shape index (κ1) is 34.9. The number of para-hydroxylation sites is 3. The second kappa shape index (κ2) is 14.3. The molecule has 0 radical (unpaired) electrons. The molecule has 61 heavy (non-hydrogen) atoms. The van der Waals surface area contributed by atoms with E-state index in [-0.39, 0.29) is 0 Å². The maximum Gasteiger partial charge on any atom is 0.143 e. The molecule has 0 saturated carbocycles. The third kappa shape index (κ3) is 5.74. The lowest BCUT2D eigenvalue weighted by molar-refractivity contribution is 0.673. The minimum atomic E-state index is 0.877. The highest BCUT2D eigenvalue weighted by Gasteiger charge is 2.22. The quantitative estimate of drug-likeness (QED) is 0.161. The van der Waals surface area contributed by atoms with Gasteiger partial charge in [-0.2, -0.15) is 0 Å². The lowest BCUT2D eigenvalue weighted by atomic mass is 9.95. The summed E-state index contributed by atoms with van der Waals surface area (Å²) in [5.74, 6) is 0. The maximum absolute atomic E-state index is 6.70. The Bertz CT molecular complexity index is 3580. The van der Waals surface area contributed by atoms with E-state index in [0.29, 0.717) is 0 Å². The molecular weight excluding hydrogens is 741 g/mol. The SMILES string of the molecule is c1ccc(-c2ccc(N(c3cccc(-c4cccc5c4c4ccccc4n5-c4ccccc4)c3)c3ccccc3-c3cccc4oc5c6ccccc6ccc5c34)cc2)cc1. The summed E-state index contributed by atoms with van der Waals surface area (Å²) in [6, 6.07) is 82.9. The standard InChI is InChI=1S/C58H38N2O/c1-3-16-39(17-4-1)40-32-35-44(36-33-40)59(52-28-11-9-24-48(52)49-27-15-31-55-57(49)51-37-34-41-18-7-8-23-47(41)58(51)61-55)45-22-13-19-42(38-45)46-26-14-30-54-56(46)50-25-10-12-29-53(50)60(54)43-20-5-2-6-21-43/h1-38H. The lowest BCUT2D eigenvalue weighted by Crippen LogP contribution is -2.11. The summed E-state index contributed by atoms with van der Waals surface area (Å²) in [6.07, 6.45) is 0. The first-order valence-electron chi connectivity index (χ1n) is 20.8. The van der Waals surface area contributed by atoms with Crippen LogP contribution in [0, 0.1) is 0 Å². The number of fused-ring (bicyclic) bond motifs is 8. The lowest BCUT2D eigenvalue weighted by Gasteiger charge is -2.28. The predicted molar refractivity (Wildman–Crippen MR) is 257 cm³/mol. The van der Waals surface area contributed by atoms with Crippen molar-refractivity contribution in [2.24, 2.45) is 0 Å². The van der Waals surface area contributed by atoms with Crippen molar-refractivity contribution in [1.82, 2.24) is 4.57 Å². The summed E-state index contributed by atoms with van der Waals surface area (Å²) in [4.78, 5) is 2.41. The molecule has 12 aromatic rings. The van der Waals surface area contributed by atoms with Gasteiger partial charge < -0.3 is 13.9 Å². The van der Waals surface area contributed by atoms with E-state index in [1.807, 2.05) is 0 Å². The molecule has 0 aliphatic rings. The van der Waals surface area contributed by atoms with Crippen molar-refractivity contribution in [2.75, 3.05) is 4.90 Å². The number of furan rings is 1. The number of hydrogen-bond acceptors (Lipinski definition) is 2. The van der Waals surface area contributed by atoms with E-state index in [1.54, 1.807) is 0 Å². The van der Waals surface area contributed by atoms with Gasteiger partial charge in [-0.05, 0) is 99.9 Å². The van der Waals surface area contributed by atoms with Crippen molar-refractivity contribution in [3.05, 3.63) is 231 Å². The van der Waals surface area contributed by atoms with Crippen LogP contribution in [0.4, 0.5) is 17.1 Å². The fourth-order valence-corrected chi connectivity index (χ4v) is 9.46. The fraction of sp³-hybridized carbons (Fsp3) is 0. The molecule has 0 bridgehead atoms. The van der Waals surface area contributed by atoms with E-state index in [0.717, 1.165) is 66.8 Å². The number of nitrogens with zero attached hydrogens (tertiary/aromatic N) is 2. The van der Waals surface area contributed by atoms with Gasteiger partial charge in [0, 0.05) is 49.6 Å². The molecule has 12 rings (SSSR count). The van der Waals surface area contributed by atoms with Gasteiger partial charge in [-0.15, -0.1) is 0 Å². The Labute approximate surface area is 353 Å². The van der Waals surface area contributed by atoms with Crippen LogP contribution in [0.3, 0.4) is 0 Å². The van der Waals surface area contributed by atoms with Crippen molar-refractivity contribution in [2.45, 2.75) is 0 Å². The molecule has 286 valence electrons. The van der Waals surface area contributed by atoms with Crippen LogP contribution in [0.5, 0.6) is 0 Å². The Hall–Kier alpha value is -8.14. The molecule has 3 heteroatoms. The minimum Gasteiger partial charge on any atom is -0.455 e. The number of benzene rings is 10. The van der Waals surface area contributed by atoms with Gasteiger partial charge in [0.25, 0.3) is 0 Å². The van der Waals surface area contributed by atoms with Crippen LogP contribution in [0.25, 0.3) is 93.6 Å². The van der Waals surface area contributed by atoms with Crippen molar-refractivity contribution in [3.63, 3.8) is 0 Å². The van der Waals surface area contributed by atoms with E-state index >= 15 is 0 Å². The van der Waals surface area contributed by atoms with Crippen LogP contribution >= 0.6 is 0 Å². The molecule has 0 aliphatic heterocycles. The maximum atomic E-state index is 6.70. The van der Waals surface area contributed by atoms with Gasteiger partial charge in [-0.3, -0.25) is 0 Å². The Morgan fingerprint density at radius 1 is 0.361 bits per heavy atom. The van der Waals surface area contributed by atoms with Gasteiger partial charge in [0.2, 0.25) is 0 Å². The Balaban J connectivity index is 1.07. The first-order valence-corrected chi connectivity index (χ1v) is 20.8. The summed E-state index contributed by atoms with van der Waals surface area (Å²) in [5, 5.41) is 6.99. The molecule has 0 atom stereocenters. The number of rotatable bonds is 7. The van der Waals surface area contributed by atoms with Crippen molar-refractivity contribution >= 4 is 71.6 Å². The zero-order valence-electron chi connectivity index (χ0n) is 33.2. The molecule has 0 amide bonds. The third-order valence-electron chi connectivity index (χ3n) is 12.2. The van der Waals surface area contributed by atoms with Gasteiger partial charge in [0.1, 0.15) is 11.2 Å². The highest BCUT2D eigenvalue weighted by Crippen LogP contribution is 2.47. The molecular formula is C58H38N2O. The zero-order valence-corrected chi connectivity index (χ0v) is 33.2. The summed E-state index contributed by atoms with van der Waals surface area (Å²) in [7, 11) is 0. The largest absolute Gasteiger partial charge is 0.455 e. The molecule has 3 nitrogen and oxygen atoms in total. The Morgan fingerprint density at radius 2 is 1.00 bits per heavy atom. The van der Waals surface area contributed by atoms with E-state index in [1.165, 1.54) is 43.9 Å². The molecule has 0 fully saturated rings. The third-order valence-corrected chi connectivity index (χ3v) is 12.2. The molecule has 0 aliphatic carbocycles. The Kier molecular flexibility index (Phi) is 8.17. The zero-order chi connectivity index (χ0) is 40.3. The average Bonchev–Trinajstić information content (AvgIpc) is 3.89. The smallest absolute Gasteiger partial charge is 0.143 e. The van der Waals surface area contributed by atoms with Crippen LogP contribution in [0.1, 0.15) is 0 Å². The second-order valence-electron chi connectivity index (χ2n) is 15.6. The van der Waals surface area contributed by atoms with Crippen molar-refractivity contribution in [3.8, 4) is 39.1 Å². The second-order valence-corrected chi connectivity index (χ2v) is 15.6. The molecule has 0 N–H and O–H groups in total. The van der Waals surface area contributed by atoms with Crippen LogP contribution in [-0.2, 0) is 0 Å². The summed E-state index contributed by atoms with van der Waals surface area (Å²) >= 11 is 0. The predicted octanol–water partition coefficient (Wildman–Crippen LogP) is 16.3. The highest BCUT2D eigenvalue weighted by molar-refractivity contribution is 6.20. The van der Waals surface area contributed by atoms with E-state index in [4.69, 9.17) is 4.42 Å². The van der Waals surface area contributed by atoms with Crippen LogP contribution in [-0.4, -0.2) is 4.57 Å². The summed E-state index contributed by atoms with van der Waals surface area (Å²) in [5.41, 5.74) is 15.5. The highest BCUT2D eigenvalue weighted by atomic mass is 16.3. The molecule has 0 saturated heterocycles. The van der Waals surface area contributed by atoms with Crippen molar-refractivity contribution in [1.29, 1.82) is 0 Å². The number of aromatic nitrogens is 1. The van der Waals surface area contributed by atoms with Crippen LogP contribution in [0.2, 0.25) is 0 Å². The van der Waals surface area contributed by atoms with Crippen LogP contribution < -0.4 is 4.90 Å². The van der Waals surface area contributed by atoms with Gasteiger partial charge in [-0.25, -0.2) is 0 Å². The minimum absolute atomic E-state index is 0.877. The normalized spacial score (nSPS) is 11.6. The number of anilines is 3. The molecule has 10 aromatic carbocycles. The van der Waals surface area contributed by atoms with E-state index < -0.39 is 0 Å². The van der Waals surface area contributed by atoms with Crippen LogP contribution in [0.15, 0.2) is 235 Å². The van der Waals surface area contributed by atoms with E-state index in [9.17, 15) is 0 Å². The molecule has 2 aromatic heterocycles. The first-order chi connectivity index (χ1) is 30.3. The fourth-order valence-electron chi connectivity index (χ4n) is 9.46. The van der Waals surface area contributed by atoms with Gasteiger partial charge in [-0.1, -0.05) is 164 Å². The summed E-state index contributed by atoms with van der Waals surface area (Å²) < 4.78 is 9.08. The van der Waals surface area contributed by atoms with Crippen molar-refractivity contribution < 1.29 is 4.42 Å².